The van der Waals surface area contributed by atoms with Crippen LogP contribution in [0.25, 0.3) is 17.2 Å². The predicted molar refractivity (Wildman–Crippen MR) is 38.6 cm³/mol. The zero-order valence-electron chi connectivity index (χ0n) is 5.33. The van der Waals surface area contributed by atoms with Crippen molar-refractivity contribution in [1.29, 1.82) is 0 Å². The molecule has 0 saturated carbocycles. The van der Waals surface area contributed by atoms with Crippen molar-refractivity contribution in [3.05, 3.63) is 30.3 Å². The molecule has 2 nitrogen and oxygen atoms in total. The average molecular weight is 134 g/mol. The van der Waals surface area contributed by atoms with E-state index in [1.54, 1.807) is 6.08 Å². The van der Waals surface area contributed by atoms with Gasteiger partial charge in [-0.15, -0.1) is 0 Å². The first-order valence-electron chi connectivity index (χ1n) is 3.01. The first-order valence-corrected chi connectivity index (χ1v) is 3.01. The Labute approximate surface area is 57.7 Å². The van der Waals surface area contributed by atoms with Crippen LogP contribution >= 0.6 is 0 Å². The summed E-state index contributed by atoms with van der Waals surface area (Å²) in [5.74, 6) is 0. The van der Waals surface area contributed by atoms with Crippen molar-refractivity contribution in [3.63, 3.8) is 0 Å². The molecule has 1 aromatic heterocycles. The maximum Gasteiger partial charge on any atom is 0.226 e. The minimum atomic E-state index is 0.789. The van der Waals surface area contributed by atoms with E-state index in [2.05, 4.69) is 15.7 Å². The standard InChI is InChI=1S/C8H6O2/c1-2-6-3-4-7-8(5-6)10-9-7/h2-5H,1H2. The van der Waals surface area contributed by atoms with Gasteiger partial charge >= 0.3 is 0 Å². The zero-order valence-corrected chi connectivity index (χ0v) is 5.33. The molecule has 0 amide bonds. The minimum absolute atomic E-state index is 0.789. The molecule has 0 spiro atoms. The van der Waals surface area contributed by atoms with E-state index in [1.807, 2.05) is 18.2 Å². The van der Waals surface area contributed by atoms with Crippen molar-refractivity contribution < 1.29 is 9.15 Å². The third-order valence-corrected chi connectivity index (χ3v) is 1.42. The first kappa shape index (κ1) is 5.35. The SMILES string of the molecule is C=Cc1ccc2ooc2c1. The van der Waals surface area contributed by atoms with E-state index in [0.717, 1.165) is 16.7 Å². The molecular formula is C8H6O2. The maximum atomic E-state index is 4.67. The fourth-order valence-electron chi connectivity index (χ4n) is 0.841. The summed E-state index contributed by atoms with van der Waals surface area (Å²) in [6.07, 6.45) is 1.77. The molecular weight excluding hydrogens is 128 g/mol. The summed E-state index contributed by atoms with van der Waals surface area (Å²) in [7, 11) is 0. The van der Waals surface area contributed by atoms with Gasteiger partial charge in [-0.25, -0.2) is 0 Å². The molecule has 0 aliphatic carbocycles. The number of hydrogen-bond acceptors (Lipinski definition) is 2. The molecule has 2 rings (SSSR count). The highest BCUT2D eigenvalue weighted by Gasteiger charge is 2.01. The van der Waals surface area contributed by atoms with E-state index < -0.39 is 0 Å². The van der Waals surface area contributed by atoms with E-state index in [9.17, 15) is 0 Å². The molecule has 0 aliphatic heterocycles. The summed E-state index contributed by atoms with van der Waals surface area (Å²) < 4.78 is 9.31. The largest absolute Gasteiger partial charge is 0.286 e. The Morgan fingerprint density at radius 1 is 1.20 bits per heavy atom. The van der Waals surface area contributed by atoms with Crippen LogP contribution in [0.2, 0.25) is 0 Å². The number of fused-ring (bicyclic) bond motifs is 1. The number of hydrogen-bond donors (Lipinski definition) is 0. The summed E-state index contributed by atoms with van der Waals surface area (Å²) in [6.45, 7) is 3.63. The molecule has 0 bridgehead atoms. The Hall–Kier alpha value is -1.44. The van der Waals surface area contributed by atoms with Gasteiger partial charge in [0.15, 0.2) is 0 Å². The van der Waals surface area contributed by atoms with Crippen molar-refractivity contribution in [1.82, 2.24) is 0 Å². The molecule has 1 heterocycles. The third kappa shape index (κ3) is 0.589. The molecule has 0 atom stereocenters. The fourth-order valence-corrected chi connectivity index (χ4v) is 0.841. The molecule has 0 N–H and O–H groups in total. The molecule has 0 radical (unpaired) electrons. The van der Waals surface area contributed by atoms with Gasteiger partial charge in [-0.2, -0.15) is 0 Å². The van der Waals surface area contributed by atoms with Crippen LogP contribution in [0.3, 0.4) is 0 Å². The Balaban J connectivity index is 2.67. The van der Waals surface area contributed by atoms with Crippen molar-refractivity contribution in [2.24, 2.45) is 0 Å². The highest BCUT2D eigenvalue weighted by atomic mass is 17.0. The number of rotatable bonds is 1. The van der Waals surface area contributed by atoms with Crippen molar-refractivity contribution >= 4 is 17.2 Å². The van der Waals surface area contributed by atoms with Crippen LogP contribution in [-0.4, -0.2) is 0 Å². The van der Waals surface area contributed by atoms with Gasteiger partial charge in [0.25, 0.3) is 0 Å². The molecule has 2 heteroatoms. The Morgan fingerprint density at radius 2 is 2.00 bits per heavy atom. The second-order valence-electron chi connectivity index (χ2n) is 2.08. The summed E-state index contributed by atoms with van der Waals surface area (Å²) in [5.41, 5.74) is 2.63. The second kappa shape index (κ2) is 1.77. The zero-order chi connectivity index (χ0) is 6.97. The van der Waals surface area contributed by atoms with Gasteiger partial charge in [0.05, 0.1) is 0 Å². The van der Waals surface area contributed by atoms with Crippen LogP contribution in [0.5, 0.6) is 0 Å². The van der Waals surface area contributed by atoms with Gasteiger partial charge < -0.3 is 0 Å². The fraction of sp³-hybridized carbons (Fsp3) is 0. The smallest absolute Gasteiger partial charge is 0.226 e. The van der Waals surface area contributed by atoms with Crippen molar-refractivity contribution in [3.8, 4) is 0 Å². The Kier molecular flexibility index (Phi) is 0.947. The lowest BCUT2D eigenvalue weighted by atomic mass is 10.2. The van der Waals surface area contributed by atoms with Crippen LogP contribution in [0, 0.1) is 0 Å². The Bertz CT molecular complexity index is 354. The maximum absolute atomic E-state index is 4.67. The highest BCUT2D eigenvalue weighted by Crippen LogP contribution is 2.19. The number of benzene rings is 1. The lowest BCUT2D eigenvalue weighted by Crippen LogP contribution is -1.76. The summed E-state index contributed by atoms with van der Waals surface area (Å²) in [4.78, 5) is 0. The van der Waals surface area contributed by atoms with Gasteiger partial charge in [-0.1, -0.05) is 18.7 Å². The molecule has 10 heavy (non-hydrogen) atoms. The topological polar surface area (TPSA) is 26.3 Å². The average Bonchev–Trinajstić information content (AvgIpc) is 1.92. The van der Waals surface area contributed by atoms with Gasteiger partial charge in [0.2, 0.25) is 11.2 Å². The van der Waals surface area contributed by atoms with Gasteiger partial charge in [-0.05, 0) is 17.7 Å². The molecule has 0 aliphatic rings. The molecule has 1 aromatic carbocycles. The van der Waals surface area contributed by atoms with Crippen molar-refractivity contribution in [2.45, 2.75) is 0 Å². The van der Waals surface area contributed by atoms with Crippen LogP contribution in [-0.2, 0) is 0 Å². The first-order chi connectivity index (χ1) is 4.90. The lowest BCUT2D eigenvalue weighted by Gasteiger charge is -1.97. The van der Waals surface area contributed by atoms with E-state index >= 15 is 0 Å². The molecule has 50 valence electrons. The third-order valence-electron chi connectivity index (χ3n) is 1.42. The summed E-state index contributed by atoms with van der Waals surface area (Å²) in [6, 6.07) is 5.66. The van der Waals surface area contributed by atoms with Crippen LogP contribution in [0.4, 0.5) is 0 Å². The van der Waals surface area contributed by atoms with Crippen molar-refractivity contribution in [2.75, 3.05) is 0 Å². The monoisotopic (exact) mass is 134 g/mol. The van der Waals surface area contributed by atoms with E-state index in [-0.39, 0.29) is 0 Å². The normalized spacial score (nSPS) is 10.4. The predicted octanol–water partition coefficient (Wildman–Crippen LogP) is 2.67. The molecule has 0 fully saturated rings. The second-order valence-corrected chi connectivity index (χ2v) is 2.08. The van der Waals surface area contributed by atoms with E-state index in [1.165, 1.54) is 0 Å². The molecule has 2 aromatic rings. The van der Waals surface area contributed by atoms with Gasteiger partial charge in [0.1, 0.15) is 0 Å². The highest BCUT2D eigenvalue weighted by molar-refractivity contribution is 5.74. The van der Waals surface area contributed by atoms with E-state index in [4.69, 9.17) is 0 Å². The van der Waals surface area contributed by atoms with E-state index in [0.29, 0.717) is 0 Å². The summed E-state index contributed by atoms with van der Waals surface area (Å²) >= 11 is 0. The van der Waals surface area contributed by atoms with Crippen LogP contribution < -0.4 is 0 Å². The Morgan fingerprint density at radius 3 is 2.50 bits per heavy atom. The molecule has 0 unspecified atom stereocenters. The molecule has 0 saturated heterocycles. The van der Waals surface area contributed by atoms with Gasteiger partial charge in [0, 0.05) is 0 Å². The van der Waals surface area contributed by atoms with Gasteiger partial charge in [-0.3, -0.25) is 9.15 Å². The van der Waals surface area contributed by atoms with Crippen LogP contribution in [0.15, 0.2) is 33.9 Å². The summed E-state index contributed by atoms with van der Waals surface area (Å²) in [5, 5.41) is 0. The lowest BCUT2D eigenvalue weighted by molar-refractivity contribution is 0.0589. The quantitative estimate of drug-likeness (QED) is 0.560. The minimum Gasteiger partial charge on any atom is -0.286 e. The van der Waals surface area contributed by atoms with Crippen LogP contribution in [0.1, 0.15) is 5.56 Å².